The van der Waals surface area contributed by atoms with Crippen molar-refractivity contribution in [3.8, 4) is 0 Å². The average molecular weight is 425 g/mol. The maximum absolute atomic E-state index is 12.5. The molecule has 0 N–H and O–H groups in total. The molecule has 0 unspecified atom stereocenters. The lowest BCUT2D eigenvalue weighted by molar-refractivity contribution is -0.384. The fourth-order valence-corrected chi connectivity index (χ4v) is 4.06. The van der Waals surface area contributed by atoms with E-state index in [2.05, 4.69) is 32.8 Å². The van der Waals surface area contributed by atoms with Gasteiger partial charge in [-0.25, -0.2) is 0 Å². The van der Waals surface area contributed by atoms with Crippen molar-refractivity contribution in [3.63, 3.8) is 0 Å². The average Bonchev–Trinajstić information content (AvgIpc) is 2.62. The maximum atomic E-state index is 12.5. The van der Waals surface area contributed by atoms with Gasteiger partial charge in [-0.3, -0.25) is 14.9 Å². The number of hydrogen-bond donors (Lipinski definition) is 0. The van der Waals surface area contributed by atoms with Crippen molar-refractivity contribution in [1.29, 1.82) is 0 Å². The first kappa shape index (κ1) is 19.1. The van der Waals surface area contributed by atoms with Crippen molar-refractivity contribution in [2.75, 3.05) is 51.2 Å². The van der Waals surface area contributed by atoms with Crippen LogP contribution in [0.15, 0.2) is 22.7 Å². The lowest BCUT2D eigenvalue weighted by atomic mass is 9.92. The third-order valence-corrected chi connectivity index (χ3v) is 5.90. The van der Waals surface area contributed by atoms with Gasteiger partial charge in [0.25, 0.3) is 5.69 Å². The molecular weight excluding hydrogens is 400 g/mol. The molecule has 0 aliphatic carbocycles. The maximum Gasteiger partial charge on any atom is 0.292 e. The quantitative estimate of drug-likeness (QED) is 0.548. The topological polar surface area (TPSA) is 69.9 Å². The fourth-order valence-electron chi connectivity index (χ4n) is 3.71. The first-order chi connectivity index (χ1) is 12.4. The van der Waals surface area contributed by atoms with Crippen LogP contribution in [0.3, 0.4) is 0 Å². The highest BCUT2D eigenvalue weighted by molar-refractivity contribution is 9.10. The van der Waals surface area contributed by atoms with E-state index in [4.69, 9.17) is 0 Å². The first-order valence-electron chi connectivity index (χ1n) is 9.09. The molecule has 2 aliphatic rings. The smallest absolute Gasteiger partial charge is 0.292 e. The third-order valence-electron chi connectivity index (χ3n) is 5.41. The van der Waals surface area contributed by atoms with Gasteiger partial charge in [-0.15, -0.1) is 0 Å². The number of nitro benzene ring substituents is 1. The minimum absolute atomic E-state index is 0.139. The van der Waals surface area contributed by atoms with Gasteiger partial charge in [0.2, 0.25) is 5.91 Å². The van der Waals surface area contributed by atoms with E-state index in [0.717, 1.165) is 56.6 Å². The van der Waals surface area contributed by atoms with Crippen LogP contribution in [0, 0.1) is 16.0 Å². The molecule has 1 aromatic rings. The zero-order chi connectivity index (χ0) is 18.7. The number of piperidine rings is 1. The normalized spacial score (nSPS) is 19.6. The van der Waals surface area contributed by atoms with E-state index in [9.17, 15) is 14.9 Å². The number of halogens is 1. The van der Waals surface area contributed by atoms with E-state index >= 15 is 0 Å². The van der Waals surface area contributed by atoms with Crippen LogP contribution < -0.4 is 4.90 Å². The summed E-state index contributed by atoms with van der Waals surface area (Å²) >= 11 is 3.40. The number of hydrogen-bond acceptors (Lipinski definition) is 5. The Morgan fingerprint density at radius 2 is 1.85 bits per heavy atom. The highest BCUT2D eigenvalue weighted by Crippen LogP contribution is 2.34. The van der Waals surface area contributed by atoms with Crippen LogP contribution in [-0.2, 0) is 4.79 Å². The van der Waals surface area contributed by atoms with Gasteiger partial charge in [0, 0.05) is 56.2 Å². The molecule has 0 atom stereocenters. The van der Waals surface area contributed by atoms with Crippen molar-refractivity contribution in [2.24, 2.45) is 5.92 Å². The summed E-state index contributed by atoms with van der Waals surface area (Å²) in [5.41, 5.74) is 0.799. The van der Waals surface area contributed by atoms with E-state index in [1.807, 2.05) is 11.0 Å². The third kappa shape index (κ3) is 4.54. The molecule has 2 saturated heterocycles. The number of nitrogens with zero attached hydrogens (tertiary/aromatic N) is 4. The minimum Gasteiger partial charge on any atom is -0.366 e. The van der Waals surface area contributed by atoms with E-state index < -0.39 is 0 Å². The Bertz CT molecular complexity index is 668. The Hall–Kier alpha value is -1.67. The highest BCUT2D eigenvalue weighted by atomic mass is 79.9. The Morgan fingerprint density at radius 3 is 2.46 bits per heavy atom. The van der Waals surface area contributed by atoms with Gasteiger partial charge in [0.05, 0.1) is 4.92 Å². The van der Waals surface area contributed by atoms with Gasteiger partial charge < -0.3 is 14.7 Å². The molecule has 26 heavy (non-hydrogen) atoms. The second-order valence-corrected chi connectivity index (χ2v) is 8.12. The van der Waals surface area contributed by atoms with Crippen LogP contribution >= 0.6 is 15.9 Å². The van der Waals surface area contributed by atoms with E-state index in [0.29, 0.717) is 18.0 Å². The minimum atomic E-state index is -0.329. The summed E-state index contributed by atoms with van der Waals surface area (Å²) in [6.07, 6.45) is 2.38. The number of nitro groups is 1. The van der Waals surface area contributed by atoms with Crippen LogP contribution in [0.5, 0.6) is 0 Å². The lowest BCUT2D eigenvalue weighted by Crippen LogP contribution is -2.47. The Labute approximate surface area is 162 Å². The largest absolute Gasteiger partial charge is 0.366 e. The van der Waals surface area contributed by atoms with Gasteiger partial charge >= 0.3 is 0 Å². The van der Waals surface area contributed by atoms with Crippen molar-refractivity contribution >= 4 is 33.2 Å². The standard InChI is InChI=1S/C18H25BrN4O3/c1-20-8-10-22(11-9-20)18(24)12-14-4-6-21(7-5-14)17-13-15(19)2-3-16(17)23(25)26/h2-3,13-14H,4-12H2,1H3. The first-order valence-corrected chi connectivity index (χ1v) is 9.88. The second-order valence-electron chi connectivity index (χ2n) is 7.21. The molecule has 0 spiro atoms. The predicted molar refractivity (Wildman–Crippen MR) is 104 cm³/mol. The summed E-state index contributed by atoms with van der Waals surface area (Å²) in [6.45, 7) is 5.01. The zero-order valence-electron chi connectivity index (χ0n) is 15.1. The van der Waals surface area contributed by atoms with Gasteiger partial charge in [0.15, 0.2) is 0 Å². The Balaban J connectivity index is 1.55. The fraction of sp³-hybridized carbons (Fsp3) is 0.611. The summed E-state index contributed by atoms with van der Waals surface area (Å²) in [5.74, 6) is 0.620. The number of likely N-dealkylation sites (N-methyl/N-ethyl adjacent to an activating group) is 1. The molecule has 1 amide bonds. The van der Waals surface area contributed by atoms with E-state index in [1.165, 1.54) is 0 Å². The summed E-state index contributed by atoms with van der Waals surface area (Å²) in [4.78, 5) is 29.8. The van der Waals surface area contributed by atoms with Crippen LogP contribution in [0.2, 0.25) is 0 Å². The zero-order valence-corrected chi connectivity index (χ0v) is 16.7. The molecule has 2 aliphatic heterocycles. The number of piperazine rings is 1. The van der Waals surface area contributed by atoms with Crippen molar-refractivity contribution < 1.29 is 9.72 Å². The van der Waals surface area contributed by atoms with Crippen molar-refractivity contribution in [3.05, 3.63) is 32.8 Å². The predicted octanol–water partition coefficient (Wildman–Crippen LogP) is 2.74. The van der Waals surface area contributed by atoms with Crippen LogP contribution in [0.4, 0.5) is 11.4 Å². The molecule has 0 radical (unpaired) electrons. The molecule has 2 fully saturated rings. The number of amides is 1. The molecule has 1 aromatic carbocycles. The number of rotatable bonds is 4. The molecule has 0 saturated carbocycles. The molecule has 2 heterocycles. The number of anilines is 1. The number of carbonyl (C=O) groups is 1. The van der Waals surface area contributed by atoms with Gasteiger partial charge in [-0.2, -0.15) is 0 Å². The second kappa shape index (κ2) is 8.35. The number of carbonyl (C=O) groups excluding carboxylic acids is 1. The van der Waals surface area contributed by atoms with Gasteiger partial charge in [0.1, 0.15) is 5.69 Å². The highest BCUT2D eigenvalue weighted by Gasteiger charge is 2.28. The van der Waals surface area contributed by atoms with Crippen molar-refractivity contribution in [2.45, 2.75) is 19.3 Å². The van der Waals surface area contributed by atoms with Crippen LogP contribution in [0.25, 0.3) is 0 Å². The molecule has 0 bridgehead atoms. The van der Waals surface area contributed by atoms with Crippen LogP contribution in [-0.4, -0.2) is 66.9 Å². The SMILES string of the molecule is CN1CCN(C(=O)CC2CCN(c3cc(Br)ccc3[N+](=O)[O-])CC2)CC1. The Morgan fingerprint density at radius 1 is 1.19 bits per heavy atom. The lowest BCUT2D eigenvalue weighted by Gasteiger charge is -2.36. The van der Waals surface area contributed by atoms with Crippen LogP contribution in [0.1, 0.15) is 19.3 Å². The molecule has 8 heteroatoms. The summed E-state index contributed by atoms with van der Waals surface area (Å²) < 4.78 is 0.838. The molecule has 0 aromatic heterocycles. The monoisotopic (exact) mass is 424 g/mol. The molecule has 142 valence electrons. The van der Waals surface area contributed by atoms with E-state index in [1.54, 1.807) is 12.1 Å². The Kier molecular flexibility index (Phi) is 6.13. The molecule has 7 nitrogen and oxygen atoms in total. The van der Waals surface area contributed by atoms with Gasteiger partial charge in [-0.05, 0) is 37.9 Å². The molecular formula is C18H25BrN4O3. The van der Waals surface area contributed by atoms with Crippen molar-refractivity contribution in [1.82, 2.24) is 9.80 Å². The van der Waals surface area contributed by atoms with Gasteiger partial charge in [-0.1, -0.05) is 15.9 Å². The summed E-state index contributed by atoms with van der Waals surface area (Å²) in [5, 5.41) is 11.3. The summed E-state index contributed by atoms with van der Waals surface area (Å²) in [6, 6.07) is 5.05. The summed E-state index contributed by atoms with van der Waals surface area (Å²) in [7, 11) is 2.08. The van der Waals surface area contributed by atoms with E-state index in [-0.39, 0.29) is 16.5 Å². The number of benzene rings is 1. The molecule has 3 rings (SSSR count).